The molecule has 5 heteroatoms. The number of benzene rings is 1. The van der Waals surface area contributed by atoms with E-state index in [1.54, 1.807) is 13.0 Å². The maximum atomic E-state index is 11.9. The number of phenolic OH excluding ortho intramolecular Hbond substituents is 1. The number of nitrogens with one attached hydrogen (secondary N) is 1. The van der Waals surface area contributed by atoms with Crippen molar-refractivity contribution in [3.8, 4) is 5.75 Å². The molecule has 1 aromatic rings. The number of carbonyl (C=O) groups excluding carboxylic acids is 1. The zero-order valence-corrected chi connectivity index (χ0v) is 10.7. The number of amides is 1. The average molecular weight is 257 g/mol. The molecule has 1 unspecified atom stereocenters. The Balaban J connectivity index is 2.77. The molecule has 0 aliphatic rings. The Bertz CT molecular complexity index is 419. The Kier molecular flexibility index (Phi) is 4.37. The molecule has 1 amide bonds. The van der Waals surface area contributed by atoms with Crippen LogP contribution in [0.5, 0.6) is 5.75 Å². The SMILES string of the molecule is CCCC(C)(N)C(=O)Nc1ccc(O)c(Cl)c1. The summed E-state index contributed by atoms with van der Waals surface area (Å²) in [6.07, 6.45) is 1.43. The Labute approximate surface area is 106 Å². The van der Waals surface area contributed by atoms with Crippen molar-refractivity contribution in [1.82, 2.24) is 0 Å². The van der Waals surface area contributed by atoms with Gasteiger partial charge in [0.1, 0.15) is 5.75 Å². The number of aromatic hydroxyl groups is 1. The lowest BCUT2D eigenvalue weighted by Crippen LogP contribution is -2.48. The van der Waals surface area contributed by atoms with Crippen LogP contribution in [0.3, 0.4) is 0 Å². The normalized spacial score (nSPS) is 14.1. The number of carbonyl (C=O) groups is 1. The molecule has 0 aromatic heterocycles. The lowest BCUT2D eigenvalue weighted by Gasteiger charge is -2.22. The largest absolute Gasteiger partial charge is 0.506 e. The van der Waals surface area contributed by atoms with Crippen LogP contribution >= 0.6 is 11.6 Å². The highest BCUT2D eigenvalue weighted by Crippen LogP contribution is 2.26. The van der Waals surface area contributed by atoms with E-state index in [0.717, 1.165) is 6.42 Å². The zero-order chi connectivity index (χ0) is 13.1. The third-order valence-corrected chi connectivity index (χ3v) is 2.80. The van der Waals surface area contributed by atoms with Crippen molar-refractivity contribution in [2.24, 2.45) is 5.73 Å². The van der Waals surface area contributed by atoms with Gasteiger partial charge in [0.2, 0.25) is 5.91 Å². The van der Waals surface area contributed by atoms with Gasteiger partial charge in [-0.1, -0.05) is 24.9 Å². The molecule has 0 aliphatic heterocycles. The van der Waals surface area contributed by atoms with Gasteiger partial charge in [-0.15, -0.1) is 0 Å². The molecule has 0 saturated heterocycles. The third-order valence-electron chi connectivity index (χ3n) is 2.49. The molecular weight excluding hydrogens is 240 g/mol. The molecule has 1 rings (SSSR count). The van der Waals surface area contributed by atoms with Crippen molar-refractivity contribution in [1.29, 1.82) is 0 Å². The van der Waals surface area contributed by atoms with Gasteiger partial charge in [0.15, 0.2) is 0 Å². The van der Waals surface area contributed by atoms with E-state index in [2.05, 4.69) is 5.32 Å². The van der Waals surface area contributed by atoms with E-state index in [-0.39, 0.29) is 16.7 Å². The van der Waals surface area contributed by atoms with Gasteiger partial charge in [-0.25, -0.2) is 0 Å². The Morgan fingerprint density at radius 1 is 1.59 bits per heavy atom. The van der Waals surface area contributed by atoms with Crippen LogP contribution in [0.15, 0.2) is 18.2 Å². The Morgan fingerprint density at radius 2 is 2.24 bits per heavy atom. The second kappa shape index (κ2) is 5.38. The molecule has 1 atom stereocenters. The van der Waals surface area contributed by atoms with Crippen LogP contribution in [0, 0.1) is 0 Å². The van der Waals surface area contributed by atoms with E-state index in [0.29, 0.717) is 12.1 Å². The summed E-state index contributed by atoms with van der Waals surface area (Å²) in [7, 11) is 0. The first-order valence-corrected chi connectivity index (χ1v) is 5.83. The first-order chi connectivity index (χ1) is 7.86. The van der Waals surface area contributed by atoms with Crippen molar-refractivity contribution >= 4 is 23.2 Å². The number of phenols is 1. The van der Waals surface area contributed by atoms with Gasteiger partial charge in [-0.3, -0.25) is 4.79 Å². The minimum Gasteiger partial charge on any atom is -0.506 e. The summed E-state index contributed by atoms with van der Waals surface area (Å²) in [6.45, 7) is 3.66. The highest BCUT2D eigenvalue weighted by molar-refractivity contribution is 6.32. The molecule has 17 heavy (non-hydrogen) atoms. The number of hydrogen-bond acceptors (Lipinski definition) is 3. The number of halogens is 1. The Morgan fingerprint density at radius 3 is 2.76 bits per heavy atom. The fraction of sp³-hybridized carbons (Fsp3) is 0.417. The van der Waals surface area contributed by atoms with Crippen LogP contribution in [-0.2, 0) is 4.79 Å². The summed E-state index contributed by atoms with van der Waals surface area (Å²) in [5, 5.41) is 12.1. The number of nitrogens with two attached hydrogens (primary N) is 1. The van der Waals surface area contributed by atoms with E-state index < -0.39 is 5.54 Å². The first-order valence-electron chi connectivity index (χ1n) is 5.45. The summed E-state index contributed by atoms with van der Waals surface area (Å²) in [5.41, 5.74) is 5.51. The standard InChI is InChI=1S/C12H17ClN2O2/c1-3-6-12(2,14)11(17)15-8-4-5-10(16)9(13)7-8/h4-5,7,16H,3,6,14H2,1-2H3,(H,15,17). The van der Waals surface area contributed by atoms with Crippen LogP contribution in [0.25, 0.3) is 0 Å². The fourth-order valence-electron chi connectivity index (χ4n) is 1.49. The molecule has 0 aliphatic carbocycles. The first kappa shape index (κ1) is 13.8. The van der Waals surface area contributed by atoms with Crippen LogP contribution < -0.4 is 11.1 Å². The third kappa shape index (κ3) is 3.61. The molecule has 4 nitrogen and oxygen atoms in total. The highest BCUT2D eigenvalue weighted by atomic mass is 35.5. The molecule has 1 aromatic carbocycles. The summed E-state index contributed by atoms with van der Waals surface area (Å²) >= 11 is 5.74. The van der Waals surface area contributed by atoms with Gasteiger partial charge >= 0.3 is 0 Å². The molecule has 4 N–H and O–H groups in total. The summed E-state index contributed by atoms with van der Waals surface area (Å²) in [6, 6.07) is 4.48. The predicted octanol–water partition coefficient (Wildman–Crippen LogP) is 2.50. The molecule has 0 spiro atoms. The average Bonchev–Trinajstić information content (AvgIpc) is 2.23. The van der Waals surface area contributed by atoms with Crippen molar-refractivity contribution in [3.63, 3.8) is 0 Å². The van der Waals surface area contributed by atoms with E-state index in [1.807, 2.05) is 6.92 Å². The molecule has 94 valence electrons. The summed E-state index contributed by atoms with van der Waals surface area (Å²) < 4.78 is 0. The van der Waals surface area contributed by atoms with Gasteiger partial charge in [-0.2, -0.15) is 0 Å². The second-order valence-corrected chi connectivity index (χ2v) is 4.69. The van der Waals surface area contributed by atoms with Crippen molar-refractivity contribution in [3.05, 3.63) is 23.2 Å². The zero-order valence-electron chi connectivity index (χ0n) is 9.96. The van der Waals surface area contributed by atoms with E-state index in [4.69, 9.17) is 17.3 Å². The monoisotopic (exact) mass is 256 g/mol. The lowest BCUT2D eigenvalue weighted by atomic mass is 9.96. The molecular formula is C12H17ClN2O2. The van der Waals surface area contributed by atoms with E-state index >= 15 is 0 Å². The number of anilines is 1. The van der Waals surface area contributed by atoms with Crippen LogP contribution in [0.4, 0.5) is 5.69 Å². The highest BCUT2D eigenvalue weighted by Gasteiger charge is 2.27. The molecule has 0 saturated carbocycles. The Hall–Kier alpha value is -1.26. The van der Waals surface area contributed by atoms with E-state index in [9.17, 15) is 9.90 Å². The van der Waals surface area contributed by atoms with Crippen LogP contribution in [0.1, 0.15) is 26.7 Å². The fourth-order valence-corrected chi connectivity index (χ4v) is 1.67. The van der Waals surface area contributed by atoms with Gasteiger partial charge in [0.05, 0.1) is 10.6 Å². The number of hydrogen-bond donors (Lipinski definition) is 3. The maximum Gasteiger partial charge on any atom is 0.244 e. The van der Waals surface area contributed by atoms with Gasteiger partial charge in [-0.05, 0) is 31.5 Å². The minimum absolute atomic E-state index is 0.0197. The summed E-state index contributed by atoms with van der Waals surface area (Å²) in [5.74, 6) is -0.283. The van der Waals surface area contributed by atoms with Gasteiger partial charge < -0.3 is 16.2 Å². The van der Waals surface area contributed by atoms with Crippen LogP contribution in [0.2, 0.25) is 5.02 Å². The minimum atomic E-state index is -0.904. The molecule has 0 bridgehead atoms. The van der Waals surface area contributed by atoms with Crippen LogP contribution in [-0.4, -0.2) is 16.6 Å². The maximum absolute atomic E-state index is 11.9. The smallest absolute Gasteiger partial charge is 0.244 e. The lowest BCUT2D eigenvalue weighted by molar-refractivity contribution is -0.120. The van der Waals surface area contributed by atoms with E-state index in [1.165, 1.54) is 12.1 Å². The summed E-state index contributed by atoms with van der Waals surface area (Å²) in [4.78, 5) is 11.9. The number of rotatable bonds is 4. The predicted molar refractivity (Wildman–Crippen MR) is 69.2 cm³/mol. The van der Waals surface area contributed by atoms with Crippen molar-refractivity contribution in [2.75, 3.05) is 5.32 Å². The van der Waals surface area contributed by atoms with Crippen molar-refractivity contribution < 1.29 is 9.90 Å². The topological polar surface area (TPSA) is 75.4 Å². The van der Waals surface area contributed by atoms with Crippen molar-refractivity contribution in [2.45, 2.75) is 32.2 Å². The second-order valence-electron chi connectivity index (χ2n) is 4.29. The molecule has 0 heterocycles. The quantitative estimate of drug-likeness (QED) is 0.725. The molecule has 0 fully saturated rings. The van der Waals surface area contributed by atoms with Gasteiger partial charge in [0.25, 0.3) is 0 Å². The molecule has 0 radical (unpaired) electrons. The van der Waals surface area contributed by atoms with Gasteiger partial charge in [0, 0.05) is 5.69 Å².